The van der Waals surface area contributed by atoms with Gasteiger partial charge in [0.15, 0.2) is 18.2 Å². The molecule has 2 rings (SSSR count). The van der Waals surface area contributed by atoms with Crippen LogP contribution in [0.1, 0.15) is 56.0 Å². The van der Waals surface area contributed by atoms with Crippen LogP contribution in [0.4, 0.5) is 0 Å². The molecule has 1 aliphatic rings. The summed E-state index contributed by atoms with van der Waals surface area (Å²) in [4.78, 5) is 72.5. The van der Waals surface area contributed by atoms with Gasteiger partial charge in [0.1, 0.15) is 12.1 Å². The molecule has 0 fully saturated rings. The second kappa shape index (κ2) is 12.1. The molecule has 10 heteroatoms. The van der Waals surface area contributed by atoms with Crippen LogP contribution in [0.2, 0.25) is 0 Å². The van der Waals surface area contributed by atoms with Crippen LogP contribution < -0.4 is 10.6 Å². The highest BCUT2D eigenvalue weighted by atomic mass is 16.5. The highest BCUT2D eigenvalue weighted by Gasteiger charge is 2.32. The van der Waals surface area contributed by atoms with Crippen molar-refractivity contribution in [3.63, 3.8) is 0 Å². The number of carboxylic acids is 1. The highest BCUT2D eigenvalue weighted by molar-refractivity contribution is 6.02. The van der Waals surface area contributed by atoms with Crippen LogP contribution in [0.5, 0.6) is 0 Å². The molecule has 1 aromatic rings. The lowest BCUT2D eigenvalue weighted by molar-refractivity contribution is -0.150. The smallest absolute Gasteiger partial charge is 0.306 e. The summed E-state index contributed by atoms with van der Waals surface area (Å²) < 4.78 is 5.00. The first kappa shape index (κ1) is 26.7. The highest BCUT2D eigenvalue weighted by Crippen LogP contribution is 2.27. The summed E-state index contributed by atoms with van der Waals surface area (Å²) in [6, 6.07) is 4.76. The molecule has 3 N–H and O–H groups in total. The SMILES string of the molecule is CC(=O)NC(C(=O)NC(CC(=O)O)C(=O)COC(=O)CC1CCc2ccccc2C1=O)C(C)C. The average molecular weight is 475 g/mol. The minimum absolute atomic E-state index is 0.154. The minimum atomic E-state index is -1.45. The number of hydrogen-bond acceptors (Lipinski definition) is 7. The monoisotopic (exact) mass is 474 g/mol. The molecular formula is C24H30N2O8. The van der Waals surface area contributed by atoms with E-state index in [1.165, 1.54) is 6.92 Å². The molecular weight excluding hydrogens is 444 g/mol. The summed E-state index contributed by atoms with van der Waals surface area (Å²) in [6.07, 6.45) is 0.215. The molecule has 0 aromatic heterocycles. The van der Waals surface area contributed by atoms with Crippen LogP contribution in [0.25, 0.3) is 0 Å². The fourth-order valence-electron chi connectivity index (χ4n) is 3.80. The maximum Gasteiger partial charge on any atom is 0.306 e. The molecule has 0 saturated heterocycles. The van der Waals surface area contributed by atoms with Gasteiger partial charge in [-0.2, -0.15) is 0 Å². The van der Waals surface area contributed by atoms with Gasteiger partial charge in [-0.25, -0.2) is 0 Å². The van der Waals surface area contributed by atoms with Crippen molar-refractivity contribution in [2.24, 2.45) is 11.8 Å². The second-order valence-corrected chi connectivity index (χ2v) is 8.67. The van der Waals surface area contributed by atoms with E-state index in [9.17, 15) is 28.8 Å². The van der Waals surface area contributed by atoms with Crippen LogP contribution in [-0.2, 0) is 35.1 Å². The predicted molar refractivity (Wildman–Crippen MR) is 120 cm³/mol. The van der Waals surface area contributed by atoms with Gasteiger partial charge in [-0.1, -0.05) is 38.1 Å². The first-order chi connectivity index (χ1) is 16.0. The van der Waals surface area contributed by atoms with E-state index in [1.54, 1.807) is 26.0 Å². The van der Waals surface area contributed by atoms with E-state index in [0.717, 1.165) is 5.56 Å². The minimum Gasteiger partial charge on any atom is -0.481 e. The molecule has 0 saturated carbocycles. The van der Waals surface area contributed by atoms with E-state index in [-0.39, 0.29) is 18.1 Å². The third-order valence-corrected chi connectivity index (χ3v) is 5.60. The van der Waals surface area contributed by atoms with Crippen molar-refractivity contribution < 1.29 is 38.6 Å². The standard InChI is InChI=1S/C24H30N2O8/c1-13(2)22(25-14(3)27)24(33)26-18(11-20(29)30)19(28)12-34-21(31)10-16-9-8-15-6-4-5-7-17(15)23(16)32/h4-7,13,16,18,22H,8-12H2,1-3H3,(H,25,27)(H,26,33)(H,29,30). The van der Waals surface area contributed by atoms with Crippen LogP contribution in [0, 0.1) is 11.8 Å². The first-order valence-corrected chi connectivity index (χ1v) is 11.1. The molecule has 0 aliphatic heterocycles. The number of aryl methyl sites for hydroxylation is 1. The zero-order chi connectivity index (χ0) is 25.4. The molecule has 1 aromatic carbocycles. The molecule has 1 aliphatic carbocycles. The fraction of sp³-hybridized carbons (Fsp3) is 0.500. The third-order valence-electron chi connectivity index (χ3n) is 5.60. The number of carbonyl (C=O) groups excluding carboxylic acids is 5. The number of carboxylic acid groups (broad SMARTS) is 1. The van der Waals surface area contributed by atoms with E-state index < -0.39 is 60.6 Å². The Kier molecular flexibility index (Phi) is 9.47. The van der Waals surface area contributed by atoms with E-state index >= 15 is 0 Å². The Morgan fingerprint density at radius 2 is 1.79 bits per heavy atom. The number of nitrogens with one attached hydrogen (secondary N) is 2. The topological polar surface area (TPSA) is 156 Å². The molecule has 3 atom stereocenters. The van der Waals surface area contributed by atoms with Gasteiger partial charge < -0.3 is 20.5 Å². The summed E-state index contributed by atoms with van der Waals surface area (Å²) in [5.41, 5.74) is 1.50. The quantitative estimate of drug-likeness (QED) is 0.402. The Labute approximate surface area is 197 Å². The molecule has 3 unspecified atom stereocenters. The number of amides is 2. The number of carbonyl (C=O) groups is 6. The number of rotatable bonds is 11. The molecule has 2 amide bonds. The fourth-order valence-corrected chi connectivity index (χ4v) is 3.80. The van der Waals surface area contributed by atoms with Crippen molar-refractivity contribution in [3.8, 4) is 0 Å². The summed E-state index contributed by atoms with van der Waals surface area (Å²) in [5, 5.41) is 13.9. The lowest BCUT2D eigenvalue weighted by Crippen LogP contribution is -2.54. The Morgan fingerprint density at radius 1 is 1.12 bits per heavy atom. The van der Waals surface area contributed by atoms with Crippen molar-refractivity contribution in [1.29, 1.82) is 0 Å². The van der Waals surface area contributed by atoms with Crippen LogP contribution in [-0.4, -0.2) is 59.1 Å². The zero-order valence-electron chi connectivity index (χ0n) is 19.5. The van der Waals surface area contributed by atoms with Gasteiger partial charge in [-0.15, -0.1) is 0 Å². The lowest BCUT2D eigenvalue weighted by Gasteiger charge is -2.24. The maximum atomic E-state index is 12.6. The zero-order valence-corrected chi connectivity index (χ0v) is 19.5. The Hall–Kier alpha value is -3.56. The summed E-state index contributed by atoms with van der Waals surface area (Å²) in [5.74, 6) is -5.11. The molecule has 0 heterocycles. The van der Waals surface area contributed by atoms with Gasteiger partial charge in [-0.05, 0) is 24.3 Å². The van der Waals surface area contributed by atoms with Gasteiger partial charge in [0.25, 0.3) is 0 Å². The molecule has 34 heavy (non-hydrogen) atoms. The third kappa shape index (κ3) is 7.50. The van der Waals surface area contributed by atoms with E-state index in [0.29, 0.717) is 18.4 Å². The van der Waals surface area contributed by atoms with Crippen LogP contribution in [0.3, 0.4) is 0 Å². The van der Waals surface area contributed by atoms with Crippen molar-refractivity contribution in [2.45, 2.75) is 58.5 Å². The van der Waals surface area contributed by atoms with E-state index in [2.05, 4.69) is 10.6 Å². The summed E-state index contributed by atoms with van der Waals surface area (Å²) >= 11 is 0. The van der Waals surface area contributed by atoms with Gasteiger partial charge in [0.05, 0.1) is 12.8 Å². The Morgan fingerprint density at radius 3 is 2.41 bits per heavy atom. The Bertz CT molecular complexity index is 971. The number of esters is 1. The maximum absolute atomic E-state index is 12.6. The van der Waals surface area contributed by atoms with Crippen LogP contribution in [0.15, 0.2) is 24.3 Å². The largest absolute Gasteiger partial charge is 0.481 e. The lowest BCUT2D eigenvalue weighted by atomic mass is 9.81. The number of benzene rings is 1. The number of hydrogen-bond donors (Lipinski definition) is 3. The number of ether oxygens (including phenoxy) is 1. The molecule has 10 nitrogen and oxygen atoms in total. The van der Waals surface area contributed by atoms with Gasteiger partial charge in [0.2, 0.25) is 11.8 Å². The number of fused-ring (bicyclic) bond motifs is 1. The molecule has 0 bridgehead atoms. The number of aliphatic carboxylic acids is 1. The normalized spacial score (nSPS) is 16.7. The molecule has 0 spiro atoms. The average Bonchev–Trinajstić information content (AvgIpc) is 2.76. The van der Waals surface area contributed by atoms with Gasteiger partial charge >= 0.3 is 11.9 Å². The number of Topliss-reactive ketones (excluding diaryl/α,β-unsaturated/α-hetero) is 2. The summed E-state index contributed by atoms with van der Waals surface area (Å²) in [7, 11) is 0. The molecule has 184 valence electrons. The second-order valence-electron chi connectivity index (χ2n) is 8.67. The van der Waals surface area contributed by atoms with Gasteiger partial charge in [0, 0.05) is 18.4 Å². The van der Waals surface area contributed by atoms with E-state index in [4.69, 9.17) is 9.84 Å². The number of ketones is 2. The first-order valence-electron chi connectivity index (χ1n) is 11.1. The van der Waals surface area contributed by atoms with Crippen molar-refractivity contribution >= 4 is 35.3 Å². The van der Waals surface area contributed by atoms with Crippen molar-refractivity contribution in [2.75, 3.05) is 6.61 Å². The van der Waals surface area contributed by atoms with Crippen molar-refractivity contribution in [1.82, 2.24) is 10.6 Å². The summed E-state index contributed by atoms with van der Waals surface area (Å²) in [6.45, 7) is 3.85. The predicted octanol–water partition coefficient (Wildman–Crippen LogP) is 1.05. The Balaban J connectivity index is 1.95. The van der Waals surface area contributed by atoms with Crippen molar-refractivity contribution in [3.05, 3.63) is 35.4 Å². The van der Waals surface area contributed by atoms with E-state index in [1.807, 2.05) is 12.1 Å². The molecule has 0 radical (unpaired) electrons. The van der Waals surface area contributed by atoms with Gasteiger partial charge in [-0.3, -0.25) is 28.8 Å². The van der Waals surface area contributed by atoms with Crippen LogP contribution >= 0.6 is 0 Å².